The van der Waals surface area contributed by atoms with Crippen LogP contribution in [-0.4, -0.2) is 27.2 Å². The molecular formula is C21H24NO2+. The summed E-state index contributed by atoms with van der Waals surface area (Å²) in [7, 11) is 3.72. The molecule has 2 aromatic rings. The molecule has 1 N–H and O–H groups in total. The molecule has 1 atom stereocenters. The lowest BCUT2D eigenvalue weighted by atomic mass is 10.1. The van der Waals surface area contributed by atoms with Crippen LogP contribution < -0.4 is 14.4 Å². The minimum Gasteiger partial charge on any atom is -0.497 e. The van der Waals surface area contributed by atoms with Crippen molar-refractivity contribution in [1.29, 1.82) is 0 Å². The Bertz CT molecular complexity index is 713. The molecule has 2 rings (SSSR count). The van der Waals surface area contributed by atoms with Gasteiger partial charge in [0.15, 0.2) is 0 Å². The predicted molar refractivity (Wildman–Crippen MR) is 98.3 cm³/mol. The van der Waals surface area contributed by atoms with Gasteiger partial charge in [-0.1, -0.05) is 30.8 Å². The van der Waals surface area contributed by atoms with E-state index in [1.807, 2.05) is 48.5 Å². The van der Waals surface area contributed by atoms with Crippen molar-refractivity contribution in [3.63, 3.8) is 0 Å². The number of hydrogen-bond donors (Lipinski definition) is 1. The van der Waals surface area contributed by atoms with Crippen molar-refractivity contribution in [2.45, 2.75) is 6.61 Å². The summed E-state index contributed by atoms with van der Waals surface area (Å²) >= 11 is 0. The van der Waals surface area contributed by atoms with Gasteiger partial charge in [0.05, 0.1) is 14.2 Å². The van der Waals surface area contributed by atoms with Crippen molar-refractivity contribution < 1.29 is 14.4 Å². The fourth-order valence-corrected chi connectivity index (χ4v) is 2.40. The molecule has 24 heavy (non-hydrogen) atoms. The first-order valence-corrected chi connectivity index (χ1v) is 7.91. The topological polar surface area (TPSA) is 22.9 Å². The van der Waals surface area contributed by atoms with Crippen LogP contribution in [0.3, 0.4) is 0 Å². The highest BCUT2D eigenvalue weighted by Crippen LogP contribution is 2.20. The molecule has 1 unspecified atom stereocenters. The number of rotatable bonds is 8. The lowest BCUT2D eigenvalue weighted by Crippen LogP contribution is -3.08. The second-order valence-corrected chi connectivity index (χ2v) is 5.78. The monoisotopic (exact) mass is 322 g/mol. The molecule has 0 aromatic heterocycles. The number of nitrogens with one attached hydrogen (secondary N) is 1. The van der Waals surface area contributed by atoms with Crippen LogP contribution in [0.15, 0.2) is 55.1 Å². The SMILES string of the molecule is C#CC[NH+](C)CC(=C)c1cccc(OCc2ccc(OC)cc2)c1. The van der Waals surface area contributed by atoms with Gasteiger partial charge in [0.2, 0.25) is 0 Å². The fourth-order valence-electron chi connectivity index (χ4n) is 2.40. The van der Waals surface area contributed by atoms with E-state index in [0.29, 0.717) is 13.2 Å². The minimum absolute atomic E-state index is 0.516. The Kier molecular flexibility index (Phi) is 6.48. The number of quaternary nitrogens is 1. The van der Waals surface area contributed by atoms with Gasteiger partial charge in [0.25, 0.3) is 0 Å². The third kappa shape index (κ3) is 5.19. The molecule has 0 fully saturated rings. The minimum atomic E-state index is 0.516. The zero-order valence-corrected chi connectivity index (χ0v) is 14.3. The Morgan fingerprint density at radius 2 is 1.92 bits per heavy atom. The van der Waals surface area contributed by atoms with Gasteiger partial charge in [-0.25, -0.2) is 0 Å². The number of likely N-dealkylation sites (N-methyl/N-ethyl adjacent to an activating group) is 1. The zero-order valence-electron chi connectivity index (χ0n) is 14.3. The van der Waals surface area contributed by atoms with E-state index < -0.39 is 0 Å². The molecule has 0 bridgehead atoms. The molecular weight excluding hydrogens is 298 g/mol. The molecule has 0 aliphatic heterocycles. The molecule has 2 aromatic carbocycles. The van der Waals surface area contributed by atoms with Crippen LogP contribution in [0, 0.1) is 12.3 Å². The lowest BCUT2D eigenvalue weighted by molar-refractivity contribution is -0.863. The molecule has 3 nitrogen and oxygen atoms in total. The summed E-state index contributed by atoms with van der Waals surface area (Å²) in [4.78, 5) is 1.24. The Hall–Kier alpha value is -2.70. The highest BCUT2D eigenvalue weighted by Gasteiger charge is 2.07. The Morgan fingerprint density at radius 3 is 2.58 bits per heavy atom. The van der Waals surface area contributed by atoms with Crippen LogP contribution in [-0.2, 0) is 6.61 Å². The summed E-state index contributed by atoms with van der Waals surface area (Å²) in [6.07, 6.45) is 5.35. The van der Waals surface area contributed by atoms with E-state index in [1.54, 1.807) is 7.11 Å². The first kappa shape index (κ1) is 17.7. The van der Waals surface area contributed by atoms with Crippen LogP contribution in [0.4, 0.5) is 0 Å². The maximum atomic E-state index is 5.89. The molecule has 0 radical (unpaired) electrons. The third-order valence-corrected chi connectivity index (χ3v) is 3.73. The average Bonchev–Trinajstić information content (AvgIpc) is 2.61. The summed E-state index contributed by atoms with van der Waals surface area (Å²) in [5.41, 5.74) is 3.23. The van der Waals surface area contributed by atoms with Gasteiger partial charge in [0, 0.05) is 5.57 Å². The summed E-state index contributed by atoms with van der Waals surface area (Å²) < 4.78 is 11.0. The van der Waals surface area contributed by atoms with Gasteiger partial charge < -0.3 is 14.4 Å². The maximum Gasteiger partial charge on any atom is 0.139 e. The van der Waals surface area contributed by atoms with Crippen molar-refractivity contribution in [3.8, 4) is 23.8 Å². The van der Waals surface area contributed by atoms with E-state index in [2.05, 4.69) is 19.5 Å². The number of terminal acetylenes is 1. The van der Waals surface area contributed by atoms with Crippen LogP contribution in [0.25, 0.3) is 5.57 Å². The predicted octanol–water partition coefficient (Wildman–Crippen LogP) is 2.44. The molecule has 124 valence electrons. The van der Waals surface area contributed by atoms with Gasteiger partial charge in [-0.3, -0.25) is 0 Å². The summed E-state index contributed by atoms with van der Waals surface area (Å²) in [5, 5.41) is 0. The molecule has 0 heterocycles. The van der Waals surface area contributed by atoms with Gasteiger partial charge in [-0.05, 0) is 41.3 Å². The summed E-state index contributed by atoms with van der Waals surface area (Å²) in [6, 6.07) is 15.9. The largest absolute Gasteiger partial charge is 0.497 e. The zero-order chi connectivity index (χ0) is 17.4. The number of hydrogen-bond acceptors (Lipinski definition) is 2. The quantitative estimate of drug-likeness (QED) is 0.755. The van der Waals surface area contributed by atoms with Crippen molar-refractivity contribution in [2.75, 3.05) is 27.2 Å². The second-order valence-electron chi connectivity index (χ2n) is 5.78. The Labute approximate surface area is 144 Å². The highest BCUT2D eigenvalue weighted by atomic mass is 16.5. The normalized spacial score (nSPS) is 11.4. The van der Waals surface area contributed by atoms with E-state index in [4.69, 9.17) is 15.9 Å². The van der Waals surface area contributed by atoms with Crippen LogP contribution >= 0.6 is 0 Å². The van der Waals surface area contributed by atoms with E-state index in [-0.39, 0.29) is 0 Å². The Balaban J connectivity index is 1.96. The molecule has 0 saturated carbocycles. The summed E-state index contributed by atoms with van der Waals surface area (Å²) in [5.74, 6) is 4.35. The van der Waals surface area contributed by atoms with E-state index in [9.17, 15) is 0 Å². The van der Waals surface area contributed by atoms with Crippen LogP contribution in [0.1, 0.15) is 11.1 Å². The van der Waals surface area contributed by atoms with Crippen molar-refractivity contribution in [1.82, 2.24) is 0 Å². The second kappa shape index (κ2) is 8.81. The lowest BCUT2D eigenvalue weighted by Gasteiger charge is -2.14. The van der Waals surface area contributed by atoms with Gasteiger partial charge in [0.1, 0.15) is 31.2 Å². The fraction of sp³-hybridized carbons (Fsp3) is 0.238. The van der Waals surface area contributed by atoms with Crippen LogP contribution in [0.2, 0.25) is 0 Å². The molecule has 0 saturated heterocycles. The first-order chi connectivity index (χ1) is 11.6. The smallest absolute Gasteiger partial charge is 0.139 e. The number of benzene rings is 2. The number of methoxy groups -OCH3 is 1. The molecule has 0 aliphatic rings. The molecule has 0 amide bonds. The van der Waals surface area contributed by atoms with Crippen LogP contribution in [0.5, 0.6) is 11.5 Å². The standard InChI is InChI=1S/C21H23NO2/c1-5-13-22(3)15-17(2)19-7-6-8-21(14-19)24-16-18-9-11-20(23-4)12-10-18/h1,6-12,14H,2,13,15-16H2,3-4H3/p+1. The van der Waals surface area contributed by atoms with Gasteiger partial charge >= 0.3 is 0 Å². The molecule has 3 heteroatoms. The highest BCUT2D eigenvalue weighted by molar-refractivity contribution is 5.65. The number of ether oxygens (including phenoxy) is 2. The van der Waals surface area contributed by atoms with Gasteiger partial charge in [-0.2, -0.15) is 0 Å². The van der Waals surface area contributed by atoms with E-state index in [0.717, 1.165) is 34.7 Å². The van der Waals surface area contributed by atoms with Gasteiger partial charge in [-0.15, -0.1) is 6.42 Å². The van der Waals surface area contributed by atoms with Crippen molar-refractivity contribution >= 4 is 5.57 Å². The van der Waals surface area contributed by atoms with E-state index >= 15 is 0 Å². The molecule has 0 aliphatic carbocycles. The van der Waals surface area contributed by atoms with E-state index in [1.165, 1.54) is 4.90 Å². The molecule has 0 spiro atoms. The summed E-state index contributed by atoms with van der Waals surface area (Å²) in [6.45, 7) is 6.18. The Morgan fingerprint density at radius 1 is 1.17 bits per heavy atom. The van der Waals surface area contributed by atoms with Crippen molar-refractivity contribution in [2.24, 2.45) is 0 Å². The van der Waals surface area contributed by atoms with Crippen molar-refractivity contribution in [3.05, 3.63) is 66.2 Å². The maximum absolute atomic E-state index is 5.89. The average molecular weight is 322 g/mol. The first-order valence-electron chi connectivity index (χ1n) is 7.91. The third-order valence-electron chi connectivity index (χ3n) is 3.73.